The minimum atomic E-state index is -0.969. The van der Waals surface area contributed by atoms with Gasteiger partial charge in [0.25, 0.3) is 0 Å². The number of fused-ring (bicyclic) bond motifs is 1. The number of aliphatic hydroxyl groups is 2. The van der Waals surface area contributed by atoms with Gasteiger partial charge in [-0.3, -0.25) is 4.57 Å². The molecule has 0 saturated carbocycles. The monoisotopic (exact) mass is 313 g/mol. The van der Waals surface area contributed by atoms with E-state index in [1.807, 2.05) is 6.92 Å². The third kappa shape index (κ3) is 2.15. The maximum absolute atomic E-state index is 10.2. The van der Waals surface area contributed by atoms with E-state index in [2.05, 4.69) is 15.0 Å². The van der Waals surface area contributed by atoms with E-state index in [0.717, 1.165) is 0 Å². The third-order valence-electron chi connectivity index (χ3n) is 4.00. The van der Waals surface area contributed by atoms with Crippen molar-refractivity contribution in [3.8, 4) is 0 Å². The number of aromatic nitrogens is 4. The first-order valence-electron chi connectivity index (χ1n) is 6.63. The van der Waals surface area contributed by atoms with Gasteiger partial charge in [-0.05, 0) is 18.0 Å². The molecule has 9 heteroatoms. The van der Waals surface area contributed by atoms with Crippen molar-refractivity contribution in [2.75, 3.05) is 12.3 Å². The number of anilines is 1. The second kappa shape index (κ2) is 5.06. The molecule has 0 aliphatic carbocycles. The number of ether oxygens (including phenoxy) is 1. The van der Waals surface area contributed by atoms with Gasteiger partial charge in [0.2, 0.25) is 5.28 Å². The molecule has 2 aromatic rings. The zero-order valence-electron chi connectivity index (χ0n) is 11.4. The van der Waals surface area contributed by atoms with Crippen molar-refractivity contribution in [1.29, 1.82) is 0 Å². The maximum Gasteiger partial charge on any atom is 0.226 e. The molecule has 3 atom stereocenters. The average Bonchev–Trinajstić information content (AvgIpc) is 3.00. The first kappa shape index (κ1) is 14.5. The number of nitrogen functional groups attached to an aromatic ring is 1. The quantitative estimate of drug-likeness (QED) is 0.705. The van der Waals surface area contributed by atoms with Gasteiger partial charge in [0.15, 0.2) is 11.5 Å². The number of aliphatic hydroxyl groups excluding tert-OH is 2. The lowest BCUT2D eigenvalue weighted by atomic mass is 9.95. The predicted octanol–water partition coefficient (Wildman–Crippen LogP) is 0.483. The molecule has 2 aromatic heterocycles. The van der Waals surface area contributed by atoms with Crippen LogP contribution >= 0.6 is 11.6 Å². The van der Waals surface area contributed by atoms with Crippen LogP contribution in [0.15, 0.2) is 6.33 Å². The van der Waals surface area contributed by atoms with Gasteiger partial charge >= 0.3 is 0 Å². The Morgan fingerprint density at radius 2 is 2.33 bits per heavy atom. The van der Waals surface area contributed by atoms with Crippen molar-refractivity contribution >= 4 is 28.6 Å². The van der Waals surface area contributed by atoms with E-state index in [4.69, 9.17) is 22.1 Å². The summed E-state index contributed by atoms with van der Waals surface area (Å²) in [5.74, 6) is 0.186. The van der Waals surface area contributed by atoms with E-state index < -0.39 is 17.9 Å². The number of nitrogens with two attached hydrogens (primary N) is 1. The molecule has 21 heavy (non-hydrogen) atoms. The predicted molar refractivity (Wildman–Crippen MR) is 75.6 cm³/mol. The highest BCUT2D eigenvalue weighted by molar-refractivity contribution is 6.28. The summed E-state index contributed by atoms with van der Waals surface area (Å²) in [6.45, 7) is 1.59. The van der Waals surface area contributed by atoms with Crippen LogP contribution in [-0.4, -0.2) is 48.0 Å². The van der Waals surface area contributed by atoms with Crippen LogP contribution in [0.4, 0.5) is 5.82 Å². The normalized spacial score (nSPS) is 29.3. The standard InChI is InChI=1S/C12H16ClN5O3/c1-2-12(4-19)6(20)3-7(21-12)18-5-15-8-9(14)16-11(13)17-10(8)18/h5-7,19-20H,2-4H2,1H3,(H2,14,16,17)/t6-,7+,12+/m0/s1. The fourth-order valence-electron chi connectivity index (χ4n) is 2.67. The Morgan fingerprint density at radius 1 is 1.57 bits per heavy atom. The summed E-state index contributed by atoms with van der Waals surface area (Å²) in [6, 6.07) is 0. The van der Waals surface area contributed by atoms with Gasteiger partial charge in [0.05, 0.1) is 19.0 Å². The Morgan fingerprint density at radius 3 is 2.95 bits per heavy atom. The Kier molecular flexibility index (Phi) is 3.48. The molecule has 0 bridgehead atoms. The van der Waals surface area contributed by atoms with Crippen LogP contribution in [0.2, 0.25) is 5.28 Å². The molecule has 1 aliphatic rings. The van der Waals surface area contributed by atoms with Crippen LogP contribution in [0.25, 0.3) is 11.2 Å². The van der Waals surface area contributed by atoms with Gasteiger partial charge < -0.3 is 20.7 Å². The van der Waals surface area contributed by atoms with E-state index in [1.54, 1.807) is 4.57 Å². The lowest BCUT2D eigenvalue weighted by molar-refractivity contribution is -0.128. The summed E-state index contributed by atoms with van der Waals surface area (Å²) in [5, 5.41) is 19.7. The fraction of sp³-hybridized carbons (Fsp3) is 0.583. The van der Waals surface area contributed by atoms with Gasteiger partial charge in [-0.1, -0.05) is 6.92 Å². The Hall–Kier alpha value is -1.48. The minimum absolute atomic E-state index is 0.0178. The fourth-order valence-corrected chi connectivity index (χ4v) is 2.84. The molecule has 8 nitrogen and oxygen atoms in total. The van der Waals surface area contributed by atoms with Gasteiger partial charge in [0, 0.05) is 6.42 Å². The average molecular weight is 314 g/mol. The second-order valence-electron chi connectivity index (χ2n) is 5.10. The Bertz CT molecular complexity index is 672. The SMILES string of the molecule is CC[C@]1(CO)O[C@@H](n2cnc3c(N)nc(Cl)nc32)C[C@@H]1O. The molecule has 0 unspecified atom stereocenters. The number of nitrogens with zero attached hydrogens (tertiary/aromatic N) is 4. The molecule has 3 rings (SSSR count). The zero-order chi connectivity index (χ0) is 15.2. The molecule has 1 fully saturated rings. The van der Waals surface area contributed by atoms with E-state index >= 15 is 0 Å². The Balaban J connectivity index is 2.03. The number of hydrogen-bond donors (Lipinski definition) is 3. The summed E-state index contributed by atoms with van der Waals surface area (Å²) in [6.07, 6.45) is 1.06. The molecule has 1 saturated heterocycles. The molecular formula is C12H16ClN5O3. The third-order valence-corrected chi connectivity index (χ3v) is 4.17. The van der Waals surface area contributed by atoms with Crippen LogP contribution in [-0.2, 0) is 4.74 Å². The van der Waals surface area contributed by atoms with Crippen LogP contribution in [0.5, 0.6) is 0 Å². The van der Waals surface area contributed by atoms with Gasteiger partial charge in [-0.2, -0.15) is 9.97 Å². The van der Waals surface area contributed by atoms with Gasteiger partial charge in [0.1, 0.15) is 17.3 Å². The molecule has 114 valence electrons. The largest absolute Gasteiger partial charge is 0.393 e. The number of rotatable bonds is 3. The van der Waals surface area contributed by atoms with Crippen molar-refractivity contribution in [3.05, 3.63) is 11.6 Å². The van der Waals surface area contributed by atoms with Crippen molar-refractivity contribution in [2.24, 2.45) is 0 Å². The molecule has 0 aromatic carbocycles. The van der Waals surface area contributed by atoms with E-state index in [1.165, 1.54) is 6.33 Å². The van der Waals surface area contributed by atoms with Crippen molar-refractivity contribution < 1.29 is 14.9 Å². The molecule has 4 N–H and O–H groups in total. The minimum Gasteiger partial charge on any atom is -0.393 e. The first-order chi connectivity index (χ1) is 10.0. The summed E-state index contributed by atoms with van der Waals surface area (Å²) < 4.78 is 7.52. The van der Waals surface area contributed by atoms with E-state index in [9.17, 15) is 10.2 Å². The molecule has 0 spiro atoms. The Labute approximate surface area is 125 Å². The van der Waals surface area contributed by atoms with Crippen LogP contribution in [0.1, 0.15) is 26.0 Å². The number of imidazole rings is 1. The lowest BCUT2D eigenvalue weighted by Crippen LogP contribution is -2.42. The van der Waals surface area contributed by atoms with Gasteiger partial charge in [-0.15, -0.1) is 0 Å². The maximum atomic E-state index is 10.2. The summed E-state index contributed by atoms with van der Waals surface area (Å²) >= 11 is 5.83. The van der Waals surface area contributed by atoms with Crippen LogP contribution in [0.3, 0.4) is 0 Å². The molecule has 3 heterocycles. The highest BCUT2D eigenvalue weighted by atomic mass is 35.5. The zero-order valence-corrected chi connectivity index (χ0v) is 12.2. The summed E-state index contributed by atoms with van der Waals surface area (Å²) in [5.41, 5.74) is 5.66. The van der Waals surface area contributed by atoms with Crippen molar-refractivity contribution in [2.45, 2.75) is 37.7 Å². The molecule has 0 radical (unpaired) electrons. The number of halogens is 1. The highest BCUT2D eigenvalue weighted by Gasteiger charge is 2.47. The molecular weight excluding hydrogens is 298 g/mol. The number of hydrogen-bond acceptors (Lipinski definition) is 7. The topological polar surface area (TPSA) is 119 Å². The second-order valence-corrected chi connectivity index (χ2v) is 5.44. The van der Waals surface area contributed by atoms with Crippen LogP contribution in [0, 0.1) is 0 Å². The lowest BCUT2D eigenvalue weighted by Gasteiger charge is -2.28. The van der Waals surface area contributed by atoms with Crippen molar-refractivity contribution in [3.63, 3.8) is 0 Å². The van der Waals surface area contributed by atoms with Crippen molar-refractivity contribution in [1.82, 2.24) is 19.5 Å². The van der Waals surface area contributed by atoms with Gasteiger partial charge in [-0.25, -0.2) is 4.98 Å². The molecule has 1 aliphatic heterocycles. The highest BCUT2D eigenvalue weighted by Crippen LogP contribution is 2.39. The first-order valence-corrected chi connectivity index (χ1v) is 7.01. The smallest absolute Gasteiger partial charge is 0.226 e. The van der Waals surface area contributed by atoms with E-state index in [-0.39, 0.29) is 17.7 Å². The summed E-state index contributed by atoms with van der Waals surface area (Å²) in [4.78, 5) is 12.1. The molecule has 0 amide bonds. The van der Waals surface area contributed by atoms with E-state index in [0.29, 0.717) is 24.0 Å². The van der Waals surface area contributed by atoms with Crippen LogP contribution < -0.4 is 5.73 Å². The summed E-state index contributed by atoms with van der Waals surface area (Å²) in [7, 11) is 0.